The zero-order valence-electron chi connectivity index (χ0n) is 11.0. The molecule has 0 saturated heterocycles. The summed E-state index contributed by atoms with van der Waals surface area (Å²) in [6, 6.07) is 5.31. The van der Waals surface area contributed by atoms with Gasteiger partial charge in [-0.3, -0.25) is 4.79 Å². The monoisotopic (exact) mass is 261 g/mol. The average Bonchev–Trinajstić information content (AvgIpc) is 2.64. The molecule has 0 spiro atoms. The SMILES string of the molecule is CC(C)Oc1ccc2c(c1)c(C(=O)C(=O)O)cn2C. The first-order valence-electron chi connectivity index (χ1n) is 5.93. The number of Topliss-reactive ketones (excluding diaryl/α,β-unsaturated/α-hetero) is 1. The lowest BCUT2D eigenvalue weighted by atomic mass is 10.1. The third kappa shape index (κ3) is 2.45. The number of rotatable bonds is 4. The predicted molar refractivity (Wildman–Crippen MR) is 70.6 cm³/mol. The molecule has 0 bridgehead atoms. The fraction of sp³-hybridized carbons (Fsp3) is 0.286. The van der Waals surface area contributed by atoms with Gasteiger partial charge in [-0.05, 0) is 32.0 Å². The Morgan fingerprint density at radius 1 is 1.32 bits per heavy atom. The molecule has 0 fully saturated rings. The number of carbonyl (C=O) groups excluding carboxylic acids is 1. The number of nitrogens with zero attached hydrogens (tertiary/aromatic N) is 1. The van der Waals surface area contributed by atoms with Crippen LogP contribution in [0.3, 0.4) is 0 Å². The topological polar surface area (TPSA) is 68.5 Å². The smallest absolute Gasteiger partial charge is 0.377 e. The molecular formula is C14H15NO4. The summed E-state index contributed by atoms with van der Waals surface area (Å²) >= 11 is 0. The van der Waals surface area contributed by atoms with E-state index in [1.54, 1.807) is 23.7 Å². The van der Waals surface area contributed by atoms with E-state index in [1.165, 1.54) is 6.20 Å². The Morgan fingerprint density at radius 2 is 2.00 bits per heavy atom. The number of ketones is 1. The molecule has 0 radical (unpaired) electrons. The molecule has 1 aromatic carbocycles. The number of hydrogen-bond donors (Lipinski definition) is 1. The third-order valence-electron chi connectivity index (χ3n) is 2.77. The number of benzene rings is 1. The highest BCUT2D eigenvalue weighted by Crippen LogP contribution is 2.26. The lowest BCUT2D eigenvalue weighted by molar-refractivity contribution is -0.131. The molecule has 2 aromatic rings. The van der Waals surface area contributed by atoms with Crippen LogP contribution in [0.25, 0.3) is 10.9 Å². The van der Waals surface area contributed by atoms with E-state index in [0.29, 0.717) is 11.1 Å². The average molecular weight is 261 g/mol. The highest BCUT2D eigenvalue weighted by molar-refractivity contribution is 6.42. The van der Waals surface area contributed by atoms with Crippen molar-refractivity contribution in [3.05, 3.63) is 30.0 Å². The molecule has 0 aliphatic carbocycles. The summed E-state index contributed by atoms with van der Waals surface area (Å²) in [7, 11) is 1.77. The molecule has 1 aromatic heterocycles. The number of aryl methyl sites for hydroxylation is 1. The van der Waals surface area contributed by atoms with Crippen LogP contribution in [-0.4, -0.2) is 27.5 Å². The second-order valence-corrected chi connectivity index (χ2v) is 4.63. The van der Waals surface area contributed by atoms with E-state index in [4.69, 9.17) is 9.84 Å². The van der Waals surface area contributed by atoms with Crippen LogP contribution in [0.2, 0.25) is 0 Å². The van der Waals surface area contributed by atoms with Crippen LogP contribution in [0.4, 0.5) is 0 Å². The molecular weight excluding hydrogens is 246 g/mol. The minimum absolute atomic E-state index is 0.0137. The molecule has 0 saturated carbocycles. The van der Waals surface area contributed by atoms with Gasteiger partial charge < -0.3 is 14.4 Å². The van der Waals surface area contributed by atoms with E-state index in [1.807, 2.05) is 19.9 Å². The summed E-state index contributed by atoms with van der Waals surface area (Å²) in [6.07, 6.45) is 1.54. The first-order chi connectivity index (χ1) is 8.90. The van der Waals surface area contributed by atoms with Crippen LogP contribution >= 0.6 is 0 Å². The van der Waals surface area contributed by atoms with Crippen LogP contribution in [0.1, 0.15) is 24.2 Å². The van der Waals surface area contributed by atoms with Gasteiger partial charge in [0.05, 0.1) is 11.7 Å². The second-order valence-electron chi connectivity index (χ2n) is 4.63. The first kappa shape index (κ1) is 13.1. The largest absolute Gasteiger partial charge is 0.491 e. The summed E-state index contributed by atoms with van der Waals surface area (Å²) in [5.74, 6) is -1.75. The van der Waals surface area contributed by atoms with Crippen LogP contribution in [0.5, 0.6) is 5.75 Å². The summed E-state index contributed by atoms with van der Waals surface area (Å²) in [5.41, 5.74) is 0.972. The number of fused-ring (bicyclic) bond motifs is 1. The first-order valence-corrected chi connectivity index (χ1v) is 5.93. The minimum atomic E-state index is -1.46. The summed E-state index contributed by atoms with van der Waals surface area (Å²) in [6.45, 7) is 3.80. The van der Waals surface area contributed by atoms with Gasteiger partial charge in [0.15, 0.2) is 0 Å². The van der Waals surface area contributed by atoms with E-state index in [0.717, 1.165) is 5.52 Å². The van der Waals surface area contributed by atoms with Crippen LogP contribution < -0.4 is 4.74 Å². The fourth-order valence-corrected chi connectivity index (χ4v) is 2.01. The Balaban J connectivity index is 2.58. The van der Waals surface area contributed by atoms with E-state index < -0.39 is 11.8 Å². The molecule has 0 amide bonds. The maximum absolute atomic E-state index is 11.7. The van der Waals surface area contributed by atoms with Crippen molar-refractivity contribution in [2.24, 2.45) is 7.05 Å². The zero-order valence-corrected chi connectivity index (χ0v) is 11.0. The molecule has 0 atom stereocenters. The van der Waals surface area contributed by atoms with Crippen molar-refractivity contribution in [3.63, 3.8) is 0 Å². The second kappa shape index (κ2) is 4.76. The van der Waals surface area contributed by atoms with Gasteiger partial charge in [0.2, 0.25) is 0 Å². The Hall–Kier alpha value is -2.30. The van der Waals surface area contributed by atoms with E-state index in [9.17, 15) is 9.59 Å². The van der Waals surface area contributed by atoms with Crippen molar-refractivity contribution in [2.45, 2.75) is 20.0 Å². The number of carboxylic acids is 1. The van der Waals surface area contributed by atoms with Crippen molar-refractivity contribution in [3.8, 4) is 5.75 Å². The fourth-order valence-electron chi connectivity index (χ4n) is 2.01. The van der Waals surface area contributed by atoms with E-state index >= 15 is 0 Å². The minimum Gasteiger partial charge on any atom is -0.491 e. The van der Waals surface area contributed by atoms with Gasteiger partial charge in [-0.2, -0.15) is 0 Å². The third-order valence-corrected chi connectivity index (χ3v) is 2.77. The van der Waals surface area contributed by atoms with Crippen molar-refractivity contribution in [1.82, 2.24) is 4.57 Å². The number of hydrogen-bond acceptors (Lipinski definition) is 3. The summed E-state index contributed by atoms with van der Waals surface area (Å²) < 4.78 is 7.29. The van der Waals surface area contributed by atoms with E-state index in [2.05, 4.69) is 0 Å². The number of aliphatic carboxylic acids is 1. The number of aromatic nitrogens is 1. The van der Waals surface area contributed by atoms with Crippen LogP contribution in [0.15, 0.2) is 24.4 Å². The number of ether oxygens (including phenoxy) is 1. The Bertz CT molecular complexity index is 655. The lowest BCUT2D eigenvalue weighted by Crippen LogP contribution is -2.12. The molecule has 5 heteroatoms. The van der Waals surface area contributed by atoms with Gasteiger partial charge in [0, 0.05) is 24.1 Å². The molecule has 0 aliphatic rings. The van der Waals surface area contributed by atoms with Gasteiger partial charge >= 0.3 is 5.97 Å². The maximum Gasteiger partial charge on any atom is 0.377 e. The molecule has 2 rings (SSSR count). The zero-order chi connectivity index (χ0) is 14.2. The van der Waals surface area contributed by atoms with Crippen LogP contribution in [-0.2, 0) is 11.8 Å². The molecule has 1 N–H and O–H groups in total. The molecule has 1 heterocycles. The van der Waals surface area contributed by atoms with Gasteiger partial charge in [-0.15, -0.1) is 0 Å². The lowest BCUT2D eigenvalue weighted by Gasteiger charge is -2.09. The maximum atomic E-state index is 11.7. The standard InChI is InChI=1S/C14H15NO4/c1-8(2)19-9-4-5-12-10(6-9)11(7-15(12)3)13(16)14(17)18/h4-8H,1-3H3,(H,17,18). The highest BCUT2D eigenvalue weighted by atomic mass is 16.5. The van der Waals surface area contributed by atoms with Crippen molar-refractivity contribution in [1.29, 1.82) is 0 Å². The summed E-state index contributed by atoms with van der Waals surface area (Å²) in [4.78, 5) is 22.5. The summed E-state index contributed by atoms with van der Waals surface area (Å²) in [5, 5.41) is 9.42. The molecule has 0 unspecified atom stereocenters. The predicted octanol–water partition coefficient (Wildman–Crippen LogP) is 2.23. The molecule has 100 valence electrons. The van der Waals surface area contributed by atoms with Crippen molar-refractivity contribution in [2.75, 3.05) is 0 Å². The molecule has 19 heavy (non-hydrogen) atoms. The number of carbonyl (C=O) groups is 2. The number of carboxylic acid groups (broad SMARTS) is 1. The van der Waals surface area contributed by atoms with Gasteiger partial charge in [-0.1, -0.05) is 0 Å². The van der Waals surface area contributed by atoms with Crippen molar-refractivity contribution >= 4 is 22.7 Å². The molecule has 5 nitrogen and oxygen atoms in total. The Morgan fingerprint density at radius 3 is 2.58 bits per heavy atom. The van der Waals surface area contributed by atoms with Gasteiger partial charge in [0.25, 0.3) is 5.78 Å². The van der Waals surface area contributed by atoms with Gasteiger partial charge in [-0.25, -0.2) is 4.79 Å². The van der Waals surface area contributed by atoms with Crippen LogP contribution in [0, 0.1) is 0 Å². The Labute approximate surface area is 110 Å². The van der Waals surface area contributed by atoms with E-state index in [-0.39, 0.29) is 11.7 Å². The highest BCUT2D eigenvalue weighted by Gasteiger charge is 2.20. The normalized spacial score (nSPS) is 10.9. The quantitative estimate of drug-likeness (QED) is 0.677. The Kier molecular flexibility index (Phi) is 3.29. The van der Waals surface area contributed by atoms with Crippen molar-refractivity contribution < 1.29 is 19.4 Å². The van der Waals surface area contributed by atoms with Gasteiger partial charge in [0.1, 0.15) is 5.75 Å². The molecule has 0 aliphatic heterocycles.